The molecule has 1 unspecified atom stereocenters. The number of carbonyl (C=O) groups excluding carboxylic acids is 1. The Bertz CT molecular complexity index is 881. The lowest BCUT2D eigenvalue weighted by Crippen LogP contribution is -2.45. The molecule has 1 aliphatic rings. The predicted octanol–water partition coefficient (Wildman–Crippen LogP) is 6.14. The predicted molar refractivity (Wildman–Crippen MR) is 122 cm³/mol. The third kappa shape index (κ3) is 8.30. The van der Waals surface area contributed by atoms with Crippen LogP contribution in [-0.4, -0.2) is 43.9 Å². The maximum atomic E-state index is 12.9. The van der Waals surface area contributed by atoms with Crippen LogP contribution in [0.15, 0.2) is 46.9 Å². The third-order valence-electron chi connectivity index (χ3n) is 5.36. The molecule has 176 valence electrons. The van der Waals surface area contributed by atoms with Gasteiger partial charge in [0.2, 0.25) is 0 Å². The summed E-state index contributed by atoms with van der Waals surface area (Å²) in [5, 5.41) is 3.24. The number of ketones is 1. The molecule has 3 nitrogen and oxygen atoms in total. The Balaban J connectivity index is 0.000000235. The van der Waals surface area contributed by atoms with Gasteiger partial charge in [0.1, 0.15) is 5.82 Å². The van der Waals surface area contributed by atoms with Gasteiger partial charge in [0.15, 0.2) is 5.78 Å². The molecular formula is C24H29BrF4N2O. The van der Waals surface area contributed by atoms with Crippen LogP contribution in [0.4, 0.5) is 17.6 Å². The monoisotopic (exact) mass is 516 g/mol. The van der Waals surface area contributed by atoms with E-state index in [0.717, 1.165) is 37.6 Å². The number of carbonyl (C=O) groups is 1. The van der Waals surface area contributed by atoms with Crippen molar-refractivity contribution in [3.63, 3.8) is 0 Å². The van der Waals surface area contributed by atoms with Crippen molar-refractivity contribution in [3.05, 3.63) is 69.4 Å². The Labute approximate surface area is 195 Å². The van der Waals surface area contributed by atoms with Crippen molar-refractivity contribution in [1.29, 1.82) is 0 Å². The largest absolute Gasteiger partial charge is 0.416 e. The topological polar surface area (TPSA) is 32.3 Å². The highest BCUT2D eigenvalue weighted by molar-refractivity contribution is 9.10. The van der Waals surface area contributed by atoms with Gasteiger partial charge in [-0.3, -0.25) is 4.79 Å². The number of hydrogen-bond acceptors (Lipinski definition) is 3. The van der Waals surface area contributed by atoms with Gasteiger partial charge in [0, 0.05) is 29.7 Å². The minimum atomic E-state index is -4.42. The molecule has 32 heavy (non-hydrogen) atoms. The molecule has 0 spiro atoms. The van der Waals surface area contributed by atoms with Gasteiger partial charge in [-0.1, -0.05) is 35.0 Å². The number of rotatable bonds is 7. The Hall–Kier alpha value is -1.77. The quantitative estimate of drug-likeness (QED) is 0.354. The van der Waals surface area contributed by atoms with Crippen LogP contribution < -0.4 is 5.32 Å². The van der Waals surface area contributed by atoms with Gasteiger partial charge in [0.25, 0.3) is 0 Å². The van der Waals surface area contributed by atoms with Gasteiger partial charge in [-0.05, 0) is 74.7 Å². The zero-order chi connectivity index (χ0) is 23.9. The molecular weight excluding hydrogens is 488 g/mol. The van der Waals surface area contributed by atoms with E-state index in [1.165, 1.54) is 31.6 Å². The third-order valence-corrected chi connectivity index (χ3v) is 5.81. The number of halogens is 5. The van der Waals surface area contributed by atoms with Crippen LogP contribution in [0.25, 0.3) is 0 Å². The summed E-state index contributed by atoms with van der Waals surface area (Å²) >= 11 is 2.92. The number of nitrogens with one attached hydrogen (secondary N) is 1. The number of Topliss-reactive ketones (excluding diaryl/α,β-unsaturated/α-hetero) is 1. The molecule has 1 atom stereocenters. The van der Waals surface area contributed by atoms with Crippen LogP contribution in [0, 0.1) is 11.7 Å². The lowest BCUT2D eigenvalue weighted by atomic mass is 9.94. The first-order valence-electron chi connectivity index (χ1n) is 10.5. The fraction of sp³-hybridized carbons (Fsp3) is 0.458. The molecule has 1 aliphatic heterocycles. The smallest absolute Gasteiger partial charge is 0.319 e. The van der Waals surface area contributed by atoms with E-state index in [2.05, 4.69) is 33.1 Å². The van der Waals surface area contributed by atoms with Crippen LogP contribution in [0.2, 0.25) is 0 Å². The molecule has 0 aromatic heterocycles. The van der Waals surface area contributed by atoms with Gasteiger partial charge < -0.3 is 10.2 Å². The van der Waals surface area contributed by atoms with Crippen LogP contribution in [0.1, 0.15) is 47.7 Å². The highest BCUT2D eigenvalue weighted by Gasteiger charge is 2.31. The summed E-state index contributed by atoms with van der Waals surface area (Å²) in [6.07, 6.45) is -3.28. The van der Waals surface area contributed by atoms with Gasteiger partial charge in [-0.15, -0.1) is 0 Å². The first-order chi connectivity index (χ1) is 15.0. The average Bonchev–Trinajstić information content (AvgIpc) is 2.69. The first kappa shape index (κ1) is 26.5. The number of hydrogen-bond donors (Lipinski definition) is 1. The second-order valence-corrected chi connectivity index (χ2v) is 9.16. The molecule has 1 saturated heterocycles. The van der Waals surface area contributed by atoms with Crippen molar-refractivity contribution in [3.8, 4) is 0 Å². The summed E-state index contributed by atoms with van der Waals surface area (Å²) in [6.45, 7) is 8.08. The molecule has 1 N–H and O–H groups in total. The summed E-state index contributed by atoms with van der Waals surface area (Å²) in [6, 6.07) is 10.1. The highest BCUT2D eigenvalue weighted by atomic mass is 79.9. The second-order valence-electron chi connectivity index (χ2n) is 8.24. The molecule has 1 fully saturated rings. The van der Waals surface area contributed by atoms with Crippen molar-refractivity contribution in [2.24, 2.45) is 5.92 Å². The van der Waals surface area contributed by atoms with E-state index < -0.39 is 17.5 Å². The van der Waals surface area contributed by atoms with Crippen molar-refractivity contribution < 1.29 is 22.4 Å². The molecule has 8 heteroatoms. The zero-order valence-electron chi connectivity index (χ0n) is 18.5. The van der Waals surface area contributed by atoms with E-state index in [-0.39, 0.29) is 15.9 Å². The Kier molecular flexibility index (Phi) is 9.85. The van der Waals surface area contributed by atoms with E-state index in [1.54, 1.807) is 12.1 Å². The number of nitrogens with zero attached hydrogens (tertiary/aromatic N) is 1. The zero-order valence-corrected chi connectivity index (χ0v) is 20.1. The highest BCUT2D eigenvalue weighted by Crippen LogP contribution is 2.32. The summed E-state index contributed by atoms with van der Waals surface area (Å²) in [5.41, 5.74) is 0.461. The summed E-state index contributed by atoms with van der Waals surface area (Å²) in [4.78, 5) is 13.4. The number of alkyl halides is 3. The fourth-order valence-corrected chi connectivity index (χ4v) is 4.17. The standard InChI is InChI=1S/C15H23FN2.C9H6BrF3O/c1-12-10-18(11-12)8-7-14(9-17-2)13-3-5-15(16)6-4-13;1-5(14)6-2-7(9(11,12)13)4-8(10)3-6/h3-6,12,14,17H,7-11H2,1-2H3;2-4H,1H3. The van der Waals surface area contributed by atoms with Gasteiger partial charge in [-0.2, -0.15) is 13.2 Å². The van der Waals surface area contributed by atoms with E-state index in [9.17, 15) is 22.4 Å². The van der Waals surface area contributed by atoms with Crippen LogP contribution in [-0.2, 0) is 6.18 Å². The second kappa shape index (κ2) is 11.9. The van der Waals surface area contributed by atoms with Crippen LogP contribution in [0.5, 0.6) is 0 Å². The lowest BCUT2D eigenvalue weighted by Gasteiger charge is -2.38. The van der Waals surface area contributed by atoms with Gasteiger partial charge in [-0.25, -0.2) is 4.39 Å². The first-order valence-corrected chi connectivity index (χ1v) is 11.3. The summed E-state index contributed by atoms with van der Waals surface area (Å²) in [5.74, 6) is 0.792. The van der Waals surface area contributed by atoms with Crippen molar-refractivity contribution in [2.45, 2.75) is 32.4 Å². The Morgan fingerprint density at radius 3 is 2.31 bits per heavy atom. The molecule has 3 rings (SSSR count). The summed E-state index contributed by atoms with van der Waals surface area (Å²) < 4.78 is 50.0. The normalized spacial score (nSPS) is 15.5. The molecule has 2 aromatic rings. The SMILES string of the molecule is CC(=O)c1cc(Br)cc(C(F)(F)F)c1.CNCC(CCN1CC(C)C1)c1ccc(F)cc1. The Morgan fingerprint density at radius 2 is 1.81 bits per heavy atom. The van der Waals surface area contributed by atoms with E-state index in [0.29, 0.717) is 5.92 Å². The minimum absolute atomic E-state index is 0.0479. The molecule has 2 aromatic carbocycles. The van der Waals surface area contributed by atoms with E-state index in [4.69, 9.17) is 0 Å². The number of likely N-dealkylation sites (tertiary alicyclic amines) is 1. The van der Waals surface area contributed by atoms with Crippen LogP contribution in [0.3, 0.4) is 0 Å². The van der Waals surface area contributed by atoms with Crippen molar-refractivity contribution >= 4 is 21.7 Å². The average molecular weight is 517 g/mol. The lowest BCUT2D eigenvalue weighted by molar-refractivity contribution is -0.137. The molecule has 0 amide bonds. The number of benzene rings is 2. The molecule has 0 bridgehead atoms. The van der Waals surface area contributed by atoms with E-state index >= 15 is 0 Å². The van der Waals surface area contributed by atoms with Crippen molar-refractivity contribution in [1.82, 2.24) is 10.2 Å². The van der Waals surface area contributed by atoms with Crippen LogP contribution >= 0.6 is 15.9 Å². The number of likely N-dealkylation sites (N-methyl/N-ethyl adjacent to an activating group) is 1. The minimum Gasteiger partial charge on any atom is -0.319 e. The fourth-order valence-electron chi connectivity index (χ4n) is 3.67. The van der Waals surface area contributed by atoms with Gasteiger partial charge in [0.05, 0.1) is 5.56 Å². The van der Waals surface area contributed by atoms with E-state index in [1.807, 2.05) is 19.2 Å². The molecule has 1 heterocycles. The van der Waals surface area contributed by atoms with Gasteiger partial charge >= 0.3 is 6.18 Å². The molecule has 0 saturated carbocycles. The van der Waals surface area contributed by atoms with Crippen molar-refractivity contribution in [2.75, 3.05) is 33.2 Å². The Morgan fingerprint density at radius 1 is 1.19 bits per heavy atom. The maximum Gasteiger partial charge on any atom is 0.416 e. The molecule has 0 radical (unpaired) electrons. The maximum absolute atomic E-state index is 12.9. The summed E-state index contributed by atoms with van der Waals surface area (Å²) in [7, 11) is 1.97. The molecule has 0 aliphatic carbocycles.